The van der Waals surface area contributed by atoms with E-state index in [0.29, 0.717) is 44.0 Å². The summed E-state index contributed by atoms with van der Waals surface area (Å²) in [7, 11) is 0. The predicted octanol–water partition coefficient (Wildman–Crippen LogP) is 2.36. The summed E-state index contributed by atoms with van der Waals surface area (Å²) in [5, 5.41) is 2.69. The van der Waals surface area contributed by atoms with Crippen molar-refractivity contribution in [1.29, 1.82) is 0 Å². The molecule has 0 bridgehead atoms. The van der Waals surface area contributed by atoms with Crippen molar-refractivity contribution >= 4 is 11.8 Å². The number of carbonyl (C=O) groups excluding carboxylic acids is 2. The van der Waals surface area contributed by atoms with Gasteiger partial charge in [-0.1, -0.05) is 30.3 Å². The van der Waals surface area contributed by atoms with Gasteiger partial charge in [0, 0.05) is 18.5 Å². The van der Waals surface area contributed by atoms with E-state index in [9.17, 15) is 9.59 Å². The molecule has 2 fully saturated rings. The average Bonchev–Trinajstić information content (AvgIpc) is 3.36. The van der Waals surface area contributed by atoms with Gasteiger partial charge in [0.25, 0.3) is 5.91 Å². The van der Waals surface area contributed by atoms with Crippen LogP contribution in [0.15, 0.2) is 54.6 Å². The van der Waals surface area contributed by atoms with Gasteiger partial charge in [0.2, 0.25) is 5.91 Å². The van der Waals surface area contributed by atoms with Crippen molar-refractivity contribution in [3.05, 3.63) is 65.7 Å². The zero-order valence-electron chi connectivity index (χ0n) is 17.0. The van der Waals surface area contributed by atoms with Gasteiger partial charge in [-0.3, -0.25) is 9.59 Å². The SMILES string of the molecule is C[C@H]1COC2(CCN(C(=O)CNC(=O)c3ccc(OCc4ccccc4)cc3)C2)O1. The van der Waals surface area contributed by atoms with E-state index >= 15 is 0 Å². The molecule has 30 heavy (non-hydrogen) atoms. The first-order chi connectivity index (χ1) is 14.5. The van der Waals surface area contributed by atoms with Gasteiger partial charge in [-0.2, -0.15) is 0 Å². The summed E-state index contributed by atoms with van der Waals surface area (Å²) < 4.78 is 17.3. The standard InChI is InChI=1S/C23H26N2O5/c1-17-14-29-23(30-17)11-12-25(16-23)21(26)13-24-22(27)19-7-9-20(10-8-19)28-15-18-5-3-2-4-6-18/h2-10,17H,11-16H2,1H3,(H,24,27)/t17-,23?/m0/s1. The molecule has 1 unspecified atom stereocenters. The van der Waals surface area contributed by atoms with Crippen molar-refractivity contribution in [1.82, 2.24) is 10.2 Å². The fourth-order valence-electron chi connectivity index (χ4n) is 3.70. The first-order valence-corrected chi connectivity index (χ1v) is 10.2. The second-order valence-electron chi connectivity index (χ2n) is 7.70. The van der Waals surface area contributed by atoms with Gasteiger partial charge in [-0.15, -0.1) is 0 Å². The Morgan fingerprint density at radius 2 is 1.93 bits per heavy atom. The van der Waals surface area contributed by atoms with Crippen LogP contribution in [0.2, 0.25) is 0 Å². The molecule has 0 saturated carbocycles. The lowest BCUT2D eigenvalue weighted by Crippen LogP contribution is -2.42. The van der Waals surface area contributed by atoms with E-state index in [1.807, 2.05) is 37.3 Å². The normalized spacial score (nSPS) is 23.0. The number of ether oxygens (including phenoxy) is 3. The first kappa shape index (κ1) is 20.4. The second kappa shape index (κ2) is 8.85. The molecule has 2 amide bonds. The van der Waals surface area contributed by atoms with Crippen molar-refractivity contribution in [3.63, 3.8) is 0 Å². The Morgan fingerprint density at radius 3 is 2.63 bits per heavy atom. The van der Waals surface area contributed by atoms with E-state index in [1.54, 1.807) is 29.2 Å². The van der Waals surface area contributed by atoms with Gasteiger partial charge in [0.05, 0.1) is 25.8 Å². The summed E-state index contributed by atoms with van der Waals surface area (Å²) in [4.78, 5) is 26.5. The van der Waals surface area contributed by atoms with Crippen molar-refractivity contribution in [2.24, 2.45) is 0 Å². The van der Waals surface area contributed by atoms with E-state index in [2.05, 4.69) is 5.32 Å². The third-order valence-electron chi connectivity index (χ3n) is 5.31. The number of hydrogen-bond donors (Lipinski definition) is 1. The summed E-state index contributed by atoms with van der Waals surface area (Å²) in [6, 6.07) is 16.7. The molecule has 0 radical (unpaired) electrons. The topological polar surface area (TPSA) is 77.1 Å². The largest absolute Gasteiger partial charge is 0.489 e. The minimum atomic E-state index is -0.672. The van der Waals surface area contributed by atoms with Gasteiger partial charge >= 0.3 is 0 Å². The van der Waals surface area contributed by atoms with E-state index in [0.717, 1.165) is 5.56 Å². The third kappa shape index (κ3) is 4.80. The van der Waals surface area contributed by atoms with Crippen LogP contribution in [0.25, 0.3) is 0 Å². The molecule has 1 N–H and O–H groups in total. The van der Waals surface area contributed by atoms with Crippen LogP contribution in [-0.2, 0) is 20.9 Å². The lowest BCUT2D eigenvalue weighted by atomic mass is 10.2. The van der Waals surface area contributed by atoms with E-state index < -0.39 is 5.79 Å². The minimum absolute atomic E-state index is 0.0411. The summed E-state index contributed by atoms with van der Waals surface area (Å²) >= 11 is 0. The minimum Gasteiger partial charge on any atom is -0.489 e. The predicted molar refractivity (Wildman–Crippen MR) is 110 cm³/mol. The van der Waals surface area contributed by atoms with Gasteiger partial charge in [-0.05, 0) is 36.8 Å². The van der Waals surface area contributed by atoms with Gasteiger partial charge in [0.15, 0.2) is 5.79 Å². The number of benzene rings is 2. The number of nitrogens with zero attached hydrogens (tertiary/aromatic N) is 1. The van der Waals surface area contributed by atoms with Crippen molar-refractivity contribution in [3.8, 4) is 5.75 Å². The number of amides is 2. The van der Waals surface area contributed by atoms with E-state index in [4.69, 9.17) is 14.2 Å². The molecule has 4 rings (SSSR count). The molecule has 2 heterocycles. The lowest BCUT2D eigenvalue weighted by Gasteiger charge is -2.23. The molecule has 1 spiro atoms. The van der Waals surface area contributed by atoms with Crippen LogP contribution in [0.4, 0.5) is 0 Å². The first-order valence-electron chi connectivity index (χ1n) is 10.2. The highest BCUT2D eigenvalue weighted by atomic mass is 16.7. The second-order valence-corrected chi connectivity index (χ2v) is 7.70. The highest BCUT2D eigenvalue weighted by Crippen LogP contribution is 2.33. The maximum Gasteiger partial charge on any atom is 0.251 e. The molecule has 0 aliphatic carbocycles. The number of hydrogen-bond acceptors (Lipinski definition) is 5. The summed E-state index contributed by atoms with van der Waals surface area (Å²) in [6.07, 6.45) is 0.695. The molecule has 7 nitrogen and oxygen atoms in total. The Labute approximate surface area is 175 Å². The van der Waals surface area contributed by atoms with Gasteiger partial charge in [0.1, 0.15) is 12.4 Å². The average molecular weight is 410 g/mol. The molecular weight excluding hydrogens is 384 g/mol. The Morgan fingerprint density at radius 1 is 1.17 bits per heavy atom. The fraction of sp³-hybridized carbons (Fsp3) is 0.391. The Balaban J connectivity index is 1.23. The highest BCUT2D eigenvalue weighted by Gasteiger charge is 2.46. The van der Waals surface area contributed by atoms with Gasteiger partial charge < -0.3 is 24.4 Å². The van der Waals surface area contributed by atoms with Crippen molar-refractivity contribution < 1.29 is 23.8 Å². The van der Waals surface area contributed by atoms with Crippen molar-refractivity contribution in [2.45, 2.75) is 31.8 Å². The molecule has 2 atom stereocenters. The zero-order chi connectivity index (χ0) is 21.0. The molecule has 2 aliphatic rings. The monoisotopic (exact) mass is 410 g/mol. The summed E-state index contributed by atoms with van der Waals surface area (Å²) in [6.45, 7) is 3.87. The molecule has 158 valence electrons. The molecule has 2 saturated heterocycles. The smallest absolute Gasteiger partial charge is 0.251 e. The zero-order valence-corrected chi connectivity index (χ0v) is 17.0. The van der Waals surface area contributed by atoms with Crippen LogP contribution in [0, 0.1) is 0 Å². The Kier molecular flexibility index (Phi) is 6.01. The maximum atomic E-state index is 12.5. The molecule has 2 aliphatic heterocycles. The number of rotatable bonds is 6. The summed E-state index contributed by atoms with van der Waals surface area (Å²) in [5.74, 6) is -0.433. The van der Waals surface area contributed by atoms with Crippen LogP contribution in [0.5, 0.6) is 5.75 Å². The summed E-state index contributed by atoms with van der Waals surface area (Å²) in [5.41, 5.74) is 1.55. The molecule has 7 heteroatoms. The van der Waals surface area contributed by atoms with E-state index in [-0.39, 0.29) is 24.5 Å². The molecule has 2 aromatic carbocycles. The molecule has 2 aromatic rings. The number of carbonyl (C=O) groups is 2. The molecular formula is C23H26N2O5. The van der Waals surface area contributed by atoms with Crippen LogP contribution in [0.1, 0.15) is 29.3 Å². The number of nitrogens with one attached hydrogen (secondary N) is 1. The molecule has 0 aromatic heterocycles. The Bertz CT molecular complexity index is 886. The van der Waals surface area contributed by atoms with Crippen LogP contribution >= 0.6 is 0 Å². The van der Waals surface area contributed by atoms with Crippen LogP contribution in [-0.4, -0.2) is 54.8 Å². The van der Waals surface area contributed by atoms with Crippen molar-refractivity contribution in [2.75, 3.05) is 26.2 Å². The third-order valence-corrected chi connectivity index (χ3v) is 5.31. The van der Waals surface area contributed by atoms with Crippen LogP contribution < -0.4 is 10.1 Å². The quantitative estimate of drug-likeness (QED) is 0.791. The highest BCUT2D eigenvalue weighted by molar-refractivity contribution is 5.96. The lowest BCUT2D eigenvalue weighted by molar-refractivity contribution is -0.159. The van der Waals surface area contributed by atoms with E-state index in [1.165, 1.54) is 0 Å². The Hall–Kier alpha value is -2.90. The van der Waals surface area contributed by atoms with Gasteiger partial charge in [-0.25, -0.2) is 0 Å². The maximum absolute atomic E-state index is 12.5. The fourth-order valence-corrected chi connectivity index (χ4v) is 3.70. The van der Waals surface area contributed by atoms with Crippen LogP contribution in [0.3, 0.4) is 0 Å². The number of likely N-dealkylation sites (tertiary alicyclic amines) is 1.